The molecule has 16 heavy (non-hydrogen) atoms. The van der Waals surface area contributed by atoms with Gasteiger partial charge in [0.25, 0.3) is 0 Å². The molecule has 3 N–H and O–H groups in total. The molecule has 0 bridgehead atoms. The maximum atomic E-state index is 12.2. The minimum Gasteiger partial charge on any atom is -0.382 e. The highest BCUT2D eigenvalue weighted by atomic mass is 79.9. The van der Waals surface area contributed by atoms with Gasteiger partial charge in [0.2, 0.25) is 0 Å². The van der Waals surface area contributed by atoms with Crippen LogP contribution < -0.4 is 5.73 Å². The summed E-state index contributed by atoms with van der Waals surface area (Å²) in [5.41, 5.74) is 5.46. The lowest BCUT2D eigenvalue weighted by Crippen LogP contribution is -2.38. The Kier molecular flexibility index (Phi) is 4.23. The van der Waals surface area contributed by atoms with Crippen molar-refractivity contribution in [1.82, 2.24) is 0 Å². The Morgan fingerprint density at radius 3 is 2.38 bits per heavy atom. The van der Waals surface area contributed by atoms with Gasteiger partial charge in [0.15, 0.2) is 6.10 Å². The van der Waals surface area contributed by atoms with Crippen molar-refractivity contribution < 1.29 is 18.3 Å². The number of hydrogen-bond acceptors (Lipinski definition) is 2. The Balaban J connectivity index is 2.97. The summed E-state index contributed by atoms with van der Waals surface area (Å²) in [5, 5.41) is 9.33. The predicted octanol–water partition coefficient (Wildman–Crippen LogP) is 3.03. The van der Waals surface area contributed by atoms with Crippen molar-refractivity contribution in [3.63, 3.8) is 0 Å². The van der Waals surface area contributed by atoms with Crippen LogP contribution in [-0.2, 0) is 0 Å². The Labute approximate surface area is 103 Å². The fourth-order valence-corrected chi connectivity index (χ4v) is 1.62. The molecule has 1 aromatic rings. The summed E-state index contributed by atoms with van der Waals surface area (Å²) in [6.45, 7) is 0. The Bertz CT molecular complexity index is 386. The fourth-order valence-electron chi connectivity index (χ4n) is 1.11. The normalized spacial score (nSPS) is 15.9. The van der Waals surface area contributed by atoms with Crippen LogP contribution in [0, 0.1) is 0 Å². The van der Waals surface area contributed by atoms with Gasteiger partial charge < -0.3 is 10.8 Å². The first kappa shape index (κ1) is 13.8. The van der Waals surface area contributed by atoms with Crippen LogP contribution in [0.3, 0.4) is 0 Å². The summed E-state index contributed by atoms with van der Waals surface area (Å²) < 4.78 is 37.0. The second-order valence-electron chi connectivity index (χ2n) is 3.19. The average Bonchev–Trinajstić information content (AvgIpc) is 2.18. The van der Waals surface area contributed by atoms with Gasteiger partial charge in [0, 0.05) is 4.47 Å². The number of rotatable bonds is 2. The summed E-state index contributed by atoms with van der Waals surface area (Å²) in [7, 11) is 0. The smallest absolute Gasteiger partial charge is 0.382 e. The van der Waals surface area contributed by atoms with E-state index in [9.17, 15) is 13.2 Å². The number of halogens is 5. The molecule has 1 rings (SSSR count). The molecular formula is C9H8BrClF3NO. The van der Waals surface area contributed by atoms with Crippen LogP contribution in [-0.4, -0.2) is 17.4 Å². The lowest BCUT2D eigenvalue weighted by Gasteiger charge is -2.21. The van der Waals surface area contributed by atoms with E-state index in [1.54, 1.807) is 0 Å². The fraction of sp³-hybridized carbons (Fsp3) is 0.333. The van der Waals surface area contributed by atoms with E-state index in [1.807, 2.05) is 0 Å². The summed E-state index contributed by atoms with van der Waals surface area (Å²) >= 11 is 8.75. The molecule has 0 aliphatic carbocycles. The van der Waals surface area contributed by atoms with Gasteiger partial charge in [-0.1, -0.05) is 17.7 Å². The van der Waals surface area contributed by atoms with E-state index in [2.05, 4.69) is 15.9 Å². The van der Waals surface area contributed by atoms with Gasteiger partial charge >= 0.3 is 6.18 Å². The molecule has 0 fully saturated rings. The van der Waals surface area contributed by atoms with Crippen molar-refractivity contribution in [1.29, 1.82) is 0 Å². The molecule has 0 unspecified atom stereocenters. The minimum atomic E-state index is -4.74. The van der Waals surface area contributed by atoms with Crippen LogP contribution >= 0.6 is 27.5 Å². The molecule has 7 heteroatoms. The van der Waals surface area contributed by atoms with Gasteiger partial charge in [-0.2, -0.15) is 13.2 Å². The number of aliphatic hydroxyl groups excluding tert-OH is 1. The quantitative estimate of drug-likeness (QED) is 0.880. The molecule has 0 aliphatic rings. The molecule has 2 nitrogen and oxygen atoms in total. The first-order valence-corrected chi connectivity index (χ1v) is 5.36. The van der Waals surface area contributed by atoms with E-state index in [0.29, 0.717) is 9.50 Å². The van der Waals surface area contributed by atoms with E-state index in [0.717, 1.165) is 0 Å². The lowest BCUT2D eigenvalue weighted by atomic mass is 10.0. The summed E-state index contributed by atoms with van der Waals surface area (Å²) in [6.07, 6.45) is -7.34. The van der Waals surface area contributed by atoms with Crippen LogP contribution in [0.15, 0.2) is 22.7 Å². The SMILES string of the molecule is N[C@H](c1ccc(Cl)c(Br)c1)[C@@H](O)C(F)(F)F. The summed E-state index contributed by atoms with van der Waals surface area (Å²) in [4.78, 5) is 0. The summed E-state index contributed by atoms with van der Waals surface area (Å²) in [6, 6.07) is 2.56. The van der Waals surface area contributed by atoms with Crippen molar-refractivity contribution in [2.75, 3.05) is 0 Å². The zero-order valence-corrected chi connectivity index (χ0v) is 10.1. The van der Waals surface area contributed by atoms with Crippen LogP contribution in [0.25, 0.3) is 0 Å². The third-order valence-electron chi connectivity index (χ3n) is 2.00. The Hall–Kier alpha value is -0.300. The Morgan fingerprint density at radius 1 is 1.38 bits per heavy atom. The molecule has 0 aliphatic heterocycles. The highest BCUT2D eigenvalue weighted by molar-refractivity contribution is 9.10. The van der Waals surface area contributed by atoms with Gasteiger partial charge in [-0.15, -0.1) is 0 Å². The summed E-state index contributed by atoms with van der Waals surface area (Å²) in [5.74, 6) is 0. The molecule has 90 valence electrons. The third kappa shape index (κ3) is 3.10. The molecule has 0 saturated heterocycles. The number of aliphatic hydroxyl groups is 1. The standard InChI is InChI=1S/C9H8BrClF3NO/c10-5-3-4(1-2-6(5)11)7(15)8(16)9(12,13)14/h1-3,7-8,16H,15H2/t7-,8-/m1/s1. The molecule has 0 saturated carbocycles. The Morgan fingerprint density at radius 2 is 1.94 bits per heavy atom. The van der Waals surface area contributed by atoms with E-state index < -0.39 is 18.3 Å². The third-order valence-corrected chi connectivity index (χ3v) is 3.22. The van der Waals surface area contributed by atoms with Gasteiger partial charge in [-0.25, -0.2) is 0 Å². The van der Waals surface area contributed by atoms with Crippen molar-refractivity contribution >= 4 is 27.5 Å². The van der Waals surface area contributed by atoms with Crippen LogP contribution in [0.4, 0.5) is 13.2 Å². The molecule has 0 spiro atoms. The number of benzene rings is 1. The van der Waals surface area contributed by atoms with E-state index >= 15 is 0 Å². The molecule has 0 aromatic heterocycles. The van der Waals surface area contributed by atoms with Crippen molar-refractivity contribution in [3.05, 3.63) is 33.3 Å². The van der Waals surface area contributed by atoms with Gasteiger partial charge in [0.1, 0.15) is 0 Å². The van der Waals surface area contributed by atoms with Gasteiger partial charge in [-0.05, 0) is 33.6 Å². The van der Waals surface area contributed by atoms with Gasteiger partial charge in [0.05, 0.1) is 11.1 Å². The molecule has 0 radical (unpaired) electrons. The van der Waals surface area contributed by atoms with Crippen molar-refractivity contribution in [3.8, 4) is 0 Å². The maximum Gasteiger partial charge on any atom is 0.416 e. The maximum absolute atomic E-state index is 12.2. The second kappa shape index (κ2) is 4.91. The van der Waals surface area contributed by atoms with E-state index in [1.165, 1.54) is 18.2 Å². The minimum absolute atomic E-state index is 0.154. The monoisotopic (exact) mass is 317 g/mol. The molecule has 0 heterocycles. The topological polar surface area (TPSA) is 46.2 Å². The second-order valence-corrected chi connectivity index (χ2v) is 4.45. The molecule has 0 amide bonds. The van der Waals surface area contributed by atoms with Crippen LogP contribution in [0.1, 0.15) is 11.6 Å². The van der Waals surface area contributed by atoms with E-state index in [-0.39, 0.29) is 5.56 Å². The zero-order valence-electron chi connectivity index (χ0n) is 7.80. The molecular weight excluding hydrogens is 310 g/mol. The highest BCUT2D eigenvalue weighted by Crippen LogP contribution is 2.31. The van der Waals surface area contributed by atoms with E-state index in [4.69, 9.17) is 22.4 Å². The van der Waals surface area contributed by atoms with Gasteiger partial charge in [-0.3, -0.25) is 0 Å². The molecule has 1 aromatic carbocycles. The first-order chi connectivity index (χ1) is 7.23. The lowest BCUT2D eigenvalue weighted by molar-refractivity contribution is -0.210. The predicted molar refractivity (Wildman–Crippen MR) is 58.1 cm³/mol. The van der Waals surface area contributed by atoms with Crippen LogP contribution in [0.5, 0.6) is 0 Å². The number of hydrogen-bond donors (Lipinski definition) is 2. The highest BCUT2D eigenvalue weighted by Gasteiger charge is 2.42. The largest absolute Gasteiger partial charge is 0.416 e. The first-order valence-electron chi connectivity index (χ1n) is 4.19. The van der Waals surface area contributed by atoms with Crippen molar-refractivity contribution in [2.24, 2.45) is 5.73 Å². The van der Waals surface area contributed by atoms with Crippen molar-refractivity contribution in [2.45, 2.75) is 18.3 Å². The zero-order chi connectivity index (χ0) is 12.5. The average molecular weight is 319 g/mol. The molecule has 2 atom stereocenters. The number of alkyl halides is 3. The van der Waals surface area contributed by atoms with Crippen LogP contribution in [0.2, 0.25) is 5.02 Å². The number of nitrogens with two attached hydrogens (primary N) is 1.